The van der Waals surface area contributed by atoms with E-state index in [9.17, 15) is 0 Å². The first-order chi connectivity index (χ1) is 6.20. The topological polar surface area (TPSA) is 91.7 Å². The third kappa shape index (κ3) is 13700. The molecule has 7 heteroatoms. The summed E-state index contributed by atoms with van der Waals surface area (Å²) < 4.78 is 8.10. The van der Waals surface area contributed by atoms with Crippen LogP contribution in [-0.2, 0) is 32.2 Å². The summed E-state index contributed by atoms with van der Waals surface area (Å²) in [4.78, 5) is 18.0. The molecule has 0 saturated heterocycles. The van der Waals surface area contributed by atoms with Crippen molar-refractivity contribution in [3.63, 3.8) is 0 Å². The molecule has 1 radical (unpaired) electrons. The number of aliphatic carboxylic acids is 2. The van der Waals surface area contributed by atoms with Crippen molar-refractivity contribution in [3.8, 4) is 0 Å². The van der Waals surface area contributed by atoms with Crippen molar-refractivity contribution >= 4 is 41.5 Å². The fourth-order valence-electron chi connectivity index (χ4n) is 0. The molecule has 0 fully saturated rings. The van der Waals surface area contributed by atoms with E-state index in [1.165, 1.54) is 25.1 Å². The molecule has 0 aromatic rings. The average molecular weight is 323 g/mol. The second-order valence-corrected chi connectivity index (χ2v) is 2.54. The van der Waals surface area contributed by atoms with Crippen LogP contribution in [0, 0.1) is 5.92 Å². The Morgan fingerprint density at radius 1 is 0.933 bits per heavy atom. The van der Waals surface area contributed by atoms with E-state index in [1.54, 1.807) is 0 Å². The third-order valence-corrected chi connectivity index (χ3v) is 0. The Morgan fingerprint density at radius 2 is 0.933 bits per heavy atom. The third-order valence-electron chi connectivity index (χ3n) is 0. The minimum atomic E-state index is -0.833. The Morgan fingerprint density at radius 3 is 0.933 bits per heavy atom. The summed E-state index contributed by atoms with van der Waals surface area (Å²) in [5.74, 6) is -0.250. The fourth-order valence-corrected chi connectivity index (χ4v) is 0. The molecule has 0 aliphatic carbocycles. The molecular weight excluding hydrogens is 305 g/mol. The summed E-state index contributed by atoms with van der Waals surface area (Å²) in [5.41, 5.74) is 0. The van der Waals surface area contributed by atoms with E-state index >= 15 is 0 Å². The first-order valence-electron chi connectivity index (χ1n) is 3.48. The molecule has 91 valence electrons. The minimum absolute atomic E-state index is 0. The SMILES string of the molecule is CC(=O)O.CC(=O)O.C[C-](C)C.[Na].[O]=[Pd]. The van der Waals surface area contributed by atoms with Gasteiger partial charge >= 0.3 is 22.6 Å². The Labute approximate surface area is 124 Å². The maximum atomic E-state index is 9.00. The van der Waals surface area contributed by atoms with Crippen LogP contribution >= 0.6 is 0 Å². The summed E-state index contributed by atoms with van der Waals surface area (Å²) in [6.45, 7) is 8.42. The molecule has 0 aliphatic heterocycles. The van der Waals surface area contributed by atoms with Gasteiger partial charge in [0, 0.05) is 43.4 Å². The maximum absolute atomic E-state index is 9.00. The van der Waals surface area contributed by atoms with Crippen LogP contribution in [0.2, 0.25) is 0 Å². The molecule has 0 saturated carbocycles. The average Bonchev–Trinajstić information content (AvgIpc) is 1.86. The zero-order chi connectivity index (χ0) is 12.7. The molecule has 2 N–H and O–H groups in total. The monoisotopic (exact) mass is 322 g/mol. The van der Waals surface area contributed by atoms with Gasteiger partial charge in [-0.3, -0.25) is 9.59 Å². The normalized spacial score (nSPS) is 6.13. The molecule has 0 rings (SSSR count). The molecular formula is C8H17NaO5Pd-. The van der Waals surface area contributed by atoms with Gasteiger partial charge in [0.1, 0.15) is 0 Å². The van der Waals surface area contributed by atoms with E-state index < -0.39 is 11.9 Å². The van der Waals surface area contributed by atoms with Gasteiger partial charge in [0.15, 0.2) is 0 Å². The fraction of sp³-hybridized carbons (Fsp3) is 0.625. The van der Waals surface area contributed by atoms with Crippen LogP contribution in [0.1, 0.15) is 34.6 Å². The van der Waals surface area contributed by atoms with E-state index in [4.69, 9.17) is 23.3 Å². The van der Waals surface area contributed by atoms with Gasteiger partial charge in [-0.05, 0) is 0 Å². The van der Waals surface area contributed by atoms with Gasteiger partial charge in [0.2, 0.25) is 0 Å². The molecule has 0 aromatic carbocycles. The number of rotatable bonds is 0. The van der Waals surface area contributed by atoms with Crippen LogP contribution in [0.4, 0.5) is 0 Å². The van der Waals surface area contributed by atoms with E-state index in [0.29, 0.717) is 0 Å². The zero-order valence-electron chi connectivity index (χ0n) is 9.94. The molecule has 0 bridgehead atoms. The van der Waals surface area contributed by atoms with Crippen LogP contribution in [-0.4, -0.2) is 51.7 Å². The summed E-state index contributed by atoms with van der Waals surface area (Å²) in [6.07, 6.45) is 0. The van der Waals surface area contributed by atoms with Crippen molar-refractivity contribution in [2.75, 3.05) is 0 Å². The summed E-state index contributed by atoms with van der Waals surface area (Å²) in [6, 6.07) is 0. The van der Waals surface area contributed by atoms with Gasteiger partial charge in [-0.2, -0.15) is 20.8 Å². The number of carboxylic acid groups (broad SMARTS) is 2. The van der Waals surface area contributed by atoms with Gasteiger partial charge in [0.25, 0.3) is 11.9 Å². The van der Waals surface area contributed by atoms with E-state index in [1.807, 2.05) is 0 Å². The van der Waals surface area contributed by atoms with Crippen LogP contribution in [0.5, 0.6) is 0 Å². The molecule has 15 heavy (non-hydrogen) atoms. The predicted octanol–water partition coefficient (Wildman–Crippen LogP) is 1.30. The molecule has 0 atom stereocenters. The second kappa shape index (κ2) is 29.3. The van der Waals surface area contributed by atoms with Gasteiger partial charge in [0.05, 0.1) is 0 Å². The van der Waals surface area contributed by atoms with Crippen LogP contribution in [0.3, 0.4) is 0 Å². The standard InChI is InChI=1S/C4H9.2C2H4O2.Na.O.Pd/c1-4(2)3;2*1-2(3)4;;;/h1-3H3;2*1H3,(H,3,4);;;/q-1;;;;;. The Balaban J connectivity index is -0.0000000298. The number of hydrogen-bond donors (Lipinski definition) is 2. The Bertz CT molecular complexity index is 118. The predicted molar refractivity (Wildman–Crippen MR) is 53.3 cm³/mol. The van der Waals surface area contributed by atoms with Gasteiger partial charge < -0.3 is 16.1 Å². The zero-order valence-corrected chi connectivity index (χ0v) is 13.5. The molecule has 0 aliphatic rings. The number of carboxylic acids is 2. The molecule has 0 heterocycles. The quantitative estimate of drug-likeness (QED) is 0.518. The van der Waals surface area contributed by atoms with E-state index in [-0.39, 0.29) is 29.6 Å². The van der Waals surface area contributed by atoms with Crippen LogP contribution in [0.15, 0.2) is 0 Å². The number of carbonyl (C=O) groups is 2. The van der Waals surface area contributed by atoms with E-state index in [0.717, 1.165) is 13.8 Å². The molecule has 0 amide bonds. The van der Waals surface area contributed by atoms with Crippen molar-refractivity contribution in [1.82, 2.24) is 0 Å². The van der Waals surface area contributed by atoms with E-state index in [2.05, 4.69) is 20.8 Å². The van der Waals surface area contributed by atoms with Crippen molar-refractivity contribution < 1.29 is 42.4 Å². The summed E-state index contributed by atoms with van der Waals surface area (Å²) in [7, 11) is 0. The first kappa shape index (κ1) is 29.5. The van der Waals surface area contributed by atoms with Crippen molar-refractivity contribution in [1.29, 1.82) is 0 Å². The first-order valence-corrected chi connectivity index (χ1v) is 4.12. The molecule has 0 spiro atoms. The van der Waals surface area contributed by atoms with Crippen LogP contribution in [0.25, 0.3) is 0 Å². The van der Waals surface area contributed by atoms with Gasteiger partial charge in [-0.1, -0.05) is 0 Å². The van der Waals surface area contributed by atoms with Crippen LogP contribution < -0.4 is 0 Å². The molecule has 0 aromatic heterocycles. The van der Waals surface area contributed by atoms with Crippen molar-refractivity contribution in [2.45, 2.75) is 34.6 Å². The second-order valence-electron chi connectivity index (χ2n) is 2.54. The summed E-state index contributed by atoms with van der Waals surface area (Å²) >= 11 is 1.50. The molecule has 5 nitrogen and oxygen atoms in total. The number of hydrogen-bond acceptors (Lipinski definition) is 3. The van der Waals surface area contributed by atoms with Crippen molar-refractivity contribution in [3.05, 3.63) is 5.92 Å². The Kier molecular flexibility index (Phi) is 57.6. The summed E-state index contributed by atoms with van der Waals surface area (Å²) in [5, 5.41) is 14.8. The molecule has 0 unspecified atom stereocenters. The van der Waals surface area contributed by atoms with Crippen molar-refractivity contribution in [2.24, 2.45) is 0 Å². The van der Waals surface area contributed by atoms with Gasteiger partial charge in [-0.15, -0.1) is 0 Å². The van der Waals surface area contributed by atoms with Gasteiger partial charge in [-0.25, -0.2) is 0 Å². The Hall–Kier alpha value is 0.402.